The number of piperidine rings is 1. The Kier molecular flexibility index (Phi) is 12.5. The molecule has 234 valence electrons. The van der Waals surface area contributed by atoms with Crippen molar-refractivity contribution in [2.24, 2.45) is 11.8 Å². The summed E-state index contributed by atoms with van der Waals surface area (Å²) in [7, 11) is 0. The largest absolute Gasteiger partial charge is 0.343 e. The monoisotopic (exact) mass is 602 g/mol. The number of likely N-dealkylation sites (tertiary alicyclic amines) is 1. The number of benzene rings is 1. The quantitative estimate of drug-likeness (QED) is 0.312. The number of hydrogen-bond acceptors (Lipinski definition) is 6. The molecule has 10 heteroatoms. The molecule has 1 aliphatic carbocycles. The molecule has 3 aliphatic rings. The van der Waals surface area contributed by atoms with Crippen LogP contribution in [0.4, 0.5) is 0 Å². The van der Waals surface area contributed by atoms with Gasteiger partial charge in [0.15, 0.2) is 0 Å². The lowest BCUT2D eigenvalue weighted by atomic mass is 10.00. The Balaban J connectivity index is 1.37. The molecule has 3 fully saturated rings. The highest BCUT2D eigenvalue weighted by Crippen LogP contribution is 2.24. The average molecular weight is 603 g/mol. The lowest BCUT2D eigenvalue weighted by molar-refractivity contribution is -0.144. The first-order valence-corrected chi connectivity index (χ1v) is 16.4. The van der Waals surface area contributed by atoms with E-state index < -0.39 is 6.04 Å². The maximum Gasteiger partial charge on any atom is 0.241 e. The van der Waals surface area contributed by atoms with Gasteiger partial charge in [0.25, 0.3) is 0 Å². The van der Waals surface area contributed by atoms with Crippen molar-refractivity contribution >= 4 is 29.3 Å². The molecule has 3 amide bonds. The first kappa shape index (κ1) is 32.7. The highest BCUT2D eigenvalue weighted by atomic mass is 35.5. The van der Waals surface area contributed by atoms with E-state index in [2.05, 4.69) is 34.7 Å². The summed E-state index contributed by atoms with van der Waals surface area (Å²) in [5.41, 5.74) is 7.06. The molecule has 0 spiro atoms. The van der Waals surface area contributed by atoms with Crippen molar-refractivity contribution < 1.29 is 14.4 Å². The number of hydrogen-bond donors (Lipinski definition) is 2. The van der Waals surface area contributed by atoms with E-state index in [0.717, 1.165) is 76.8 Å². The van der Waals surface area contributed by atoms with Crippen LogP contribution >= 0.6 is 11.6 Å². The van der Waals surface area contributed by atoms with Crippen LogP contribution in [0.3, 0.4) is 0 Å². The van der Waals surface area contributed by atoms with Gasteiger partial charge in [-0.15, -0.1) is 0 Å². The van der Waals surface area contributed by atoms with Crippen LogP contribution in [0.5, 0.6) is 0 Å². The van der Waals surface area contributed by atoms with E-state index in [1.807, 2.05) is 34.1 Å². The maximum absolute atomic E-state index is 13.9. The van der Waals surface area contributed by atoms with Gasteiger partial charge in [0.1, 0.15) is 6.04 Å². The Morgan fingerprint density at radius 1 is 0.881 bits per heavy atom. The van der Waals surface area contributed by atoms with E-state index in [4.69, 9.17) is 11.6 Å². The lowest BCUT2D eigenvalue weighted by Gasteiger charge is -2.47. The minimum absolute atomic E-state index is 0.00378. The van der Waals surface area contributed by atoms with Crippen molar-refractivity contribution in [1.29, 1.82) is 0 Å². The van der Waals surface area contributed by atoms with Crippen LogP contribution in [-0.4, -0.2) is 95.4 Å². The van der Waals surface area contributed by atoms with Crippen LogP contribution < -0.4 is 10.9 Å². The molecule has 9 nitrogen and oxygen atoms in total. The second-order valence-electron chi connectivity index (χ2n) is 12.7. The molecule has 0 unspecified atom stereocenters. The molecule has 0 bridgehead atoms. The average Bonchev–Trinajstić information content (AvgIpc) is 3.28. The first-order chi connectivity index (χ1) is 20.2. The third-order valence-corrected chi connectivity index (χ3v) is 9.31. The second-order valence-corrected chi connectivity index (χ2v) is 13.2. The van der Waals surface area contributed by atoms with Crippen molar-refractivity contribution in [3.8, 4) is 0 Å². The molecule has 2 heterocycles. The first-order valence-electron chi connectivity index (χ1n) is 16.1. The van der Waals surface area contributed by atoms with Gasteiger partial charge in [0, 0.05) is 69.7 Å². The van der Waals surface area contributed by atoms with E-state index in [1.54, 1.807) is 6.92 Å². The van der Waals surface area contributed by atoms with Gasteiger partial charge in [-0.1, -0.05) is 63.3 Å². The van der Waals surface area contributed by atoms with Crippen LogP contribution in [0.25, 0.3) is 0 Å². The van der Waals surface area contributed by atoms with Crippen molar-refractivity contribution in [3.05, 3.63) is 34.9 Å². The Bertz CT molecular complexity index is 1010. The van der Waals surface area contributed by atoms with Crippen LogP contribution in [0, 0.1) is 11.8 Å². The SMILES string of the molecule is CC(=O)N1CCC(N(CC(C)C)N2CCN(C(=O)[C@@H](Cc3ccc(Cl)cc3)NNC(=O)C3CCCCCC3)CC2)CC1. The number of rotatable bonds is 10. The van der Waals surface area contributed by atoms with Crippen molar-refractivity contribution in [3.63, 3.8) is 0 Å². The number of hydrazine groups is 2. The van der Waals surface area contributed by atoms with Gasteiger partial charge in [-0.25, -0.2) is 15.4 Å². The van der Waals surface area contributed by atoms with E-state index >= 15 is 0 Å². The summed E-state index contributed by atoms with van der Waals surface area (Å²) in [6.45, 7) is 11.5. The fourth-order valence-electron chi connectivity index (χ4n) is 6.60. The van der Waals surface area contributed by atoms with Crippen molar-refractivity contribution in [2.75, 3.05) is 45.8 Å². The minimum Gasteiger partial charge on any atom is -0.343 e. The third-order valence-electron chi connectivity index (χ3n) is 9.06. The predicted molar refractivity (Wildman–Crippen MR) is 166 cm³/mol. The van der Waals surface area contributed by atoms with Gasteiger partial charge >= 0.3 is 0 Å². The normalized spacial score (nSPS) is 20.5. The molecule has 1 atom stereocenters. The molecule has 2 N–H and O–H groups in total. The number of halogens is 1. The summed E-state index contributed by atoms with van der Waals surface area (Å²) in [6.07, 6.45) is 8.77. The highest BCUT2D eigenvalue weighted by molar-refractivity contribution is 6.30. The molecule has 1 saturated carbocycles. The van der Waals surface area contributed by atoms with Crippen LogP contribution in [0.15, 0.2) is 24.3 Å². The molecule has 0 radical (unpaired) electrons. The van der Waals surface area contributed by atoms with Gasteiger partial charge in [-0.05, 0) is 55.7 Å². The Morgan fingerprint density at radius 2 is 1.50 bits per heavy atom. The van der Waals surface area contributed by atoms with E-state index in [-0.39, 0.29) is 23.6 Å². The van der Waals surface area contributed by atoms with Crippen LogP contribution in [-0.2, 0) is 20.8 Å². The van der Waals surface area contributed by atoms with Gasteiger partial charge in [0.05, 0.1) is 0 Å². The smallest absolute Gasteiger partial charge is 0.241 e. The Labute approximate surface area is 257 Å². The molecule has 1 aromatic rings. The van der Waals surface area contributed by atoms with E-state index in [0.29, 0.717) is 36.5 Å². The summed E-state index contributed by atoms with van der Waals surface area (Å²) in [6, 6.07) is 7.41. The molecule has 42 heavy (non-hydrogen) atoms. The summed E-state index contributed by atoms with van der Waals surface area (Å²) in [5, 5.41) is 5.60. The molecule has 0 aromatic heterocycles. The van der Waals surface area contributed by atoms with Gasteiger partial charge in [0.2, 0.25) is 17.7 Å². The molecular weight excluding hydrogens is 552 g/mol. The zero-order valence-corrected chi connectivity index (χ0v) is 26.6. The highest BCUT2D eigenvalue weighted by Gasteiger charge is 2.34. The van der Waals surface area contributed by atoms with Crippen molar-refractivity contribution in [2.45, 2.75) is 90.6 Å². The maximum atomic E-state index is 13.9. The number of carbonyl (C=O) groups excluding carboxylic acids is 3. The predicted octanol–water partition coefficient (Wildman–Crippen LogP) is 3.87. The zero-order chi connectivity index (χ0) is 30.1. The summed E-state index contributed by atoms with van der Waals surface area (Å²) in [4.78, 5) is 42.6. The van der Waals surface area contributed by atoms with Gasteiger partial charge in [-0.3, -0.25) is 19.8 Å². The summed E-state index contributed by atoms with van der Waals surface area (Å²) >= 11 is 6.11. The zero-order valence-electron chi connectivity index (χ0n) is 25.8. The third kappa shape index (κ3) is 9.40. The minimum atomic E-state index is -0.560. The fourth-order valence-corrected chi connectivity index (χ4v) is 6.73. The topological polar surface area (TPSA) is 88.2 Å². The fraction of sp³-hybridized carbons (Fsp3) is 0.719. The molecule has 1 aromatic carbocycles. The standard InChI is InChI=1S/C32H51ClN6O3/c1-24(2)23-39(29-14-16-36(17-15-29)25(3)40)38-20-18-37(19-21-38)32(42)30(22-26-10-12-28(33)13-11-26)34-35-31(41)27-8-6-4-5-7-9-27/h10-13,24,27,29-30,34H,4-9,14-23H2,1-3H3,(H,35,41)/t30-/m1/s1. The van der Waals surface area contributed by atoms with Crippen LogP contribution in [0.2, 0.25) is 5.02 Å². The number of nitrogens with zero attached hydrogens (tertiary/aromatic N) is 4. The Hall–Kier alpha value is -2.20. The number of piperazine rings is 1. The molecule has 2 aliphatic heterocycles. The van der Waals surface area contributed by atoms with Crippen LogP contribution in [0.1, 0.15) is 77.7 Å². The second kappa shape index (κ2) is 16.0. The number of nitrogens with one attached hydrogen (secondary N) is 2. The molecular formula is C32H51ClN6O3. The van der Waals surface area contributed by atoms with Gasteiger partial charge in [-0.2, -0.15) is 0 Å². The van der Waals surface area contributed by atoms with E-state index in [1.165, 1.54) is 12.8 Å². The molecule has 2 saturated heterocycles. The van der Waals surface area contributed by atoms with E-state index in [9.17, 15) is 14.4 Å². The number of carbonyl (C=O) groups is 3. The summed E-state index contributed by atoms with van der Waals surface area (Å²) in [5.74, 6) is 0.680. The molecule has 4 rings (SSSR count). The number of amides is 3. The van der Waals surface area contributed by atoms with Crippen molar-refractivity contribution in [1.82, 2.24) is 30.7 Å². The lowest BCUT2D eigenvalue weighted by Crippen LogP contribution is -2.62. The summed E-state index contributed by atoms with van der Waals surface area (Å²) < 4.78 is 0. The van der Waals surface area contributed by atoms with Gasteiger partial charge < -0.3 is 9.80 Å². The Morgan fingerprint density at radius 3 is 2.07 bits per heavy atom.